The van der Waals surface area contributed by atoms with E-state index in [0.29, 0.717) is 12.6 Å². The fourth-order valence-electron chi connectivity index (χ4n) is 1.45. The Bertz CT molecular complexity index is 235. The minimum atomic E-state index is 0.304. The molecule has 1 rings (SSSR count). The van der Waals surface area contributed by atoms with Gasteiger partial charge in [0.15, 0.2) is 0 Å². The van der Waals surface area contributed by atoms with E-state index in [1.54, 1.807) is 0 Å². The highest BCUT2D eigenvalue weighted by molar-refractivity contribution is 5.43. The molecule has 0 fully saturated rings. The lowest BCUT2D eigenvalue weighted by molar-refractivity contribution is 0.282. The fraction of sp³-hybridized carbons (Fsp3) is 0.500. The van der Waals surface area contributed by atoms with E-state index in [0.717, 1.165) is 19.3 Å². The molecule has 0 amide bonds. The summed E-state index contributed by atoms with van der Waals surface area (Å²) >= 11 is 0. The number of rotatable bonds is 6. The van der Waals surface area contributed by atoms with E-state index in [1.807, 2.05) is 18.2 Å². The molecule has 78 valence electrons. The number of benzene rings is 1. The van der Waals surface area contributed by atoms with Gasteiger partial charge in [-0.25, -0.2) is 0 Å². The molecule has 14 heavy (non-hydrogen) atoms. The van der Waals surface area contributed by atoms with Crippen molar-refractivity contribution in [2.45, 2.75) is 32.2 Å². The molecule has 0 radical (unpaired) electrons. The van der Waals surface area contributed by atoms with Crippen LogP contribution in [0.1, 0.15) is 26.2 Å². The minimum absolute atomic E-state index is 0.304. The molecule has 2 nitrogen and oxygen atoms in total. The first-order chi connectivity index (χ1) is 6.83. The topological polar surface area (TPSA) is 32.3 Å². The Morgan fingerprint density at radius 2 is 1.93 bits per heavy atom. The van der Waals surface area contributed by atoms with E-state index in [9.17, 15) is 0 Å². The second-order valence-corrected chi connectivity index (χ2v) is 3.63. The van der Waals surface area contributed by atoms with Crippen LogP contribution in [0.3, 0.4) is 0 Å². The van der Waals surface area contributed by atoms with Crippen LogP contribution in [-0.4, -0.2) is 17.8 Å². The van der Waals surface area contributed by atoms with Gasteiger partial charge in [0.05, 0.1) is 0 Å². The standard InChI is InChI=1S/C12H19NO/c1-11(7-5-6-10-14)13-12-8-3-2-4-9-12/h2-4,8-9,11,13-14H,5-7,10H2,1H3. The summed E-state index contributed by atoms with van der Waals surface area (Å²) in [4.78, 5) is 0. The van der Waals surface area contributed by atoms with Crippen molar-refractivity contribution in [3.63, 3.8) is 0 Å². The van der Waals surface area contributed by atoms with Crippen molar-refractivity contribution < 1.29 is 5.11 Å². The molecule has 1 aromatic rings. The number of hydrogen-bond acceptors (Lipinski definition) is 2. The molecule has 0 saturated carbocycles. The van der Waals surface area contributed by atoms with Crippen LogP contribution in [-0.2, 0) is 0 Å². The van der Waals surface area contributed by atoms with Gasteiger partial charge in [-0.05, 0) is 38.3 Å². The molecule has 0 bridgehead atoms. The zero-order chi connectivity index (χ0) is 10.2. The van der Waals surface area contributed by atoms with Crippen LogP contribution < -0.4 is 5.32 Å². The van der Waals surface area contributed by atoms with Gasteiger partial charge in [-0.15, -0.1) is 0 Å². The third-order valence-corrected chi connectivity index (χ3v) is 2.23. The molecule has 0 aliphatic rings. The number of hydrogen-bond donors (Lipinski definition) is 2. The Balaban J connectivity index is 2.23. The lowest BCUT2D eigenvalue weighted by Gasteiger charge is -2.14. The largest absolute Gasteiger partial charge is 0.396 e. The quantitative estimate of drug-likeness (QED) is 0.681. The van der Waals surface area contributed by atoms with Crippen LogP contribution in [0, 0.1) is 0 Å². The molecular weight excluding hydrogens is 174 g/mol. The van der Waals surface area contributed by atoms with Crippen molar-refractivity contribution in [2.75, 3.05) is 11.9 Å². The summed E-state index contributed by atoms with van der Waals surface area (Å²) < 4.78 is 0. The van der Waals surface area contributed by atoms with E-state index in [1.165, 1.54) is 5.69 Å². The van der Waals surface area contributed by atoms with Crippen LogP contribution >= 0.6 is 0 Å². The van der Waals surface area contributed by atoms with Crippen molar-refractivity contribution in [1.82, 2.24) is 0 Å². The van der Waals surface area contributed by atoms with Crippen molar-refractivity contribution in [3.05, 3.63) is 30.3 Å². The fourth-order valence-corrected chi connectivity index (χ4v) is 1.45. The molecule has 1 atom stereocenters. The number of unbranched alkanes of at least 4 members (excludes halogenated alkanes) is 1. The first-order valence-corrected chi connectivity index (χ1v) is 5.25. The molecule has 0 aliphatic heterocycles. The first kappa shape index (κ1) is 11.1. The normalized spacial score (nSPS) is 12.4. The first-order valence-electron chi connectivity index (χ1n) is 5.25. The van der Waals surface area contributed by atoms with Crippen molar-refractivity contribution in [3.8, 4) is 0 Å². The van der Waals surface area contributed by atoms with E-state index in [4.69, 9.17) is 5.11 Å². The van der Waals surface area contributed by atoms with E-state index < -0.39 is 0 Å². The van der Waals surface area contributed by atoms with E-state index >= 15 is 0 Å². The maximum atomic E-state index is 8.65. The number of anilines is 1. The second kappa shape index (κ2) is 6.44. The van der Waals surface area contributed by atoms with Crippen LogP contribution in [0.5, 0.6) is 0 Å². The molecule has 0 heterocycles. The Labute approximate surface area is 86.0 Å². The van der Waals surface area contributed by atoms with Crippen molar-refractivity contribution in [1.29, 1.82) is 0 Å². The van der Waals surface area contributed by atoms with Gasteiger partial charge in [0, 0.05) is 18.3 Å². The number of aliphatic hydroxyl groups is 1. The molecule has 1 aromatic carbocycles. The smallest absolute Gasteiger partial charge is 0.0431 e. The van der Waals surface area contributed by atoms with Crippen molar-refractivity contribution >= 4 is 5.69 Å². The molecule has 2 heteroatoms. The number of aliphatic hydroxyl groups excluding tert-OH is 1. The molecule has 1 unspecified atom stereocenters. The lowest BCUT2D eigenvalue weighted by Crippen LogP contribution is -2.14. The highest BCUT2D eigenvalue weighted by atomic mass is 16.2. The predicted octanol–water partition coefficient (Wildman–Crippen LogP) is 2.65. The summed E-state index contributed by atoms with van der Waals surface area (Å²) in [6.07, 6.45) is 3.09. The molecule has 0 saturated heterocycles. The molecule has 0 aromatic heterocycles. The van der Waals surface area contributed by atoms with Gasteiger partial charge in [0.1, 0.15) is 0 Å². The Morgan fingerprint density at radius 3 is 2.57 bits per heavy atom. The summed E-state index contributed by atoms with van der Waals surface area (Å²) in [5.74, 6) is 0. The summed E-state index contributed by atoms with van der Waals surface area (Å²) in [7, 11) is 0. The van der Waals surface area contributed by atoms with E-state index in [-0.39, 0.29) is 0 Å². The van der Waals surface area contributed by atoms with Crippen LogP contribution in [0.15, 0.2) is 30.3 Å². The van der Waals surface area contributed by atoms with Gasteiger partial charge in [0.2, 0.25) is 0 Å². The summed E-state index contributed by atoms with van der Waals surface area (Å²) in [6, 6.07) is 10.7. The molecule has 0 spiro atoms. The van der Waals surface area contributed by atoms with Gasteiger partial charge in [0.25, 0.3) is 0 Å². The Morgan fingerprint density at radius 1 is 1.21 bits per heavy atom. The number of nitrogens with one attached hydrogen (secondary N) is 1. The number of para-hydroxylation sites is 1. The molecular formula is C12H19NO. The van der Waals surface area contributed by atoms with Gasteiger partial charge < -0.3 is 10.4 Å². The summed E-state index contributed by atoms with van der Waals surface area (Å²) in [5.41, 5.74) is 1.17. The summed E-state index contributed by atoms with van der Waals surface area (Å²) in [5, 5.41) is 12.1. The average molecular weight is 193 g/mol. The van der Waals surface area contributed by atoms with Crippen LogP contribution in [0.2, 0.25) is 0 Å². The SMILES string of the molecule is CC(CCCCO)Nc1ccccc1. The molecule has 0 aliphatic carbocycles. The van der Waals surface area contributed by atoms with Gasteiger partial charge >= 0.3 is 0 Å². The Hall–Kier alpha value is -1.02. The lowest BCUT2D eigenvalue weighted by atomic mass is 10.1. The highest BCUT2D eigenvalue weighted by Gasteiger charge is 2.00. The monoisotopic (exact) mass is 193 g/mol. The average Bonchev–Trinajstić information content (AvgIpc) is 2.20. The zero-order valence-corrected chi connectivity index (χ0v) is 8.74. The van der Waals surface area contributed by atoms with Gasteiger partial charge in [-0.2, -0.15) is 0 Å². The van der Waals surface area contributed by atoms with Crippen LogP contribution in [0.25, 0.3) is 0 Å². The third-order valence-electron chi connectivity index (χ3n) is 2.23. The maximum Gasteiger partial charge on any atom is 0.0431 e. The highest BCUT2D eigenvalue weighted by Crippen LogP contribution is 2.10. The van der Waals surface area contributed by atoms with Crippen LogP contribution in [0.4, 0.5) is 5.69 Å². The zero-order valence-electron chi connectivity index (χ0n) is 8.74. The summed E-state index contributed by atoms with van der Waals surface area (Å²) in [6.45, 7) is 2.47. The van der Waals surface area contributed by atoms with Crippen molar-refractivity contribution in [2.24, 2.45) is 0 Å². The maximum absolute atomic E-state index is 8.65. The predicted molar refractivity (Wildman–Crippen MR) is 60.5 cm³/mol. The second-order valence-electron chi connectivity index (χ2n) is 3.63. The minimum Gasteiger partial charge on any atom is -0.396 e. The molecule has 2 N–H and O–H groups in total. The van der Waals surface area contributed by atoms with E-state index in [2.05, 4.69) is 24.4 Å². The van der Waals surface area contributed by atoms with Gasteiger partial charge in [-0.3, -0.25) is 0 Å². The third kappa shape index (κ3) is 4.28. The Kier molecular flexibility index (Phi) is 5.08. The van der Waals surface area contributed by atoms with Gasteiger partial charge in [-0.1, -0.05) is 18.2 Å².